The first-order valence-electron chi connectivity index (χ1n) is 2.82. The van der Waals surface area contributed by atoms with Crippen LogP contribution in [0.3, 0.4) is 0 Å². The number of aliphatic hydroxyl groups excluding tert-OH is 2. The van der Waals surface area contributed by atoms with E-state index < -0.39 is 6.10 Å². The van der Waals surface area contributed by atoms with Gasteiger partial charge in [0.15, 0.2) is 0 Å². The highest BCUT2D eigenvalue weighted by atomic mass is 35.5. The second kappa shape index (κ2) is 2.90. The van der Waals surface area contributed by atoms with Gasteiger partial charge in [-0.1, -0.05) is 23.8 Å². The van der Waals surface area contributed by atoms with Crippen LogP contribution in [0, 0.1) is 0 Å². The second-order valence-electron chi connectivity index (χ2n) is 1.94. The molecule has 3 heteroatoms. The fourth-order valence-corrected chi connectivity index (χ4v) is 0.905. The van der Waals surface area contributed by atoms with Gasteiger partial charge in [0, 0.05) is 5.57 Å². The molecule has 0 aromatic heterocycles. The minimum Gasteiger partial charge on any atom is -0.515 e. The monoisotopic (exact) mass is 158 g/mol. The molecule has 1 aliphatic rings. The van der Waals surface area contributed by atoms with Crippen molar-refractivity contribution in [2.45, 2.75) is 6.10 Å². The molecule has 0 radical (unpaired) electrons. The summed E-state index contributed by atoms with van der Waals surface area (Å²) < 4.78 is 0. The molecule has 54 valence electrons. The van der Waals surface area contributed by atoms with Gasteiger partial charge < -0.3 is 10.2 Å². The maximum absolute atomic E-state index is 9.16. The summed E-state index contributed by atoms with van der Waals surface area (Å²) in [6, 6.07) is 0. The van der Waals surface area contributed by atoms with Crippen LogP contribution in [0.15, 0.2) is 35.1 Å². The summed E-state index contributed by atoms with van der Waals surface area (Å²) in [5.74, 6) is 0. The van der Waals surface area contributed by atoms with Crippen LogP contribution in [0.5, 0.6) is 0 Å². The molecule has 0 spiro atoms. The fraction of sp³-hybridized carbons (Fsp3) is 0.143. The predicted molar refractivity (Wildman–Crippen MR) is 39.8 cm³/mol. The Morgan fingerprint density at radius 1 is 1.60 bits per heavy atom. The molecule has 2 N–H and O–H groups in total. The minimum atomic E-state index is -0.864. The molecule has 0 aromatic rings. The highest BCUT2D eigenvalue weighted by molar-refractivity contribution is 6.30. The second-order valence-corrected chi connectivity index (χ2v) is 2.38. The summed E-state index contributed by atoms with van der Waals surface area (Å²) >= 11 is 5.55. The quantitative estimate of drug-likeness (QED) is 0.525. The third-order valence-corrected chi connectivity index (χ3v) is 1.60. The van der Waals surface area contributed by atoms with Crippen LogP contribution in [0.2, 0.25) is 0 Å². The van der Waals surface area contributed by atoms with E-state index in [0.717, 1.165) is 6.26 Å². The van der Waals surface area contributed by atoms with Crippen LogP contribution in [-0.4, -0.2) is 16.3 Å². The molecule has 0 aromatic carbocycles. The Bertz CT molecular complexity index is 216. The van der Waals surface area contributed by atoms with E-state index in [4.69, 9.17) is 21.8 Å². The van der Waals surface area contributed by atoms with Gasteiger partial charge in [-0.3, -0.25) is 0 Å². The lowest BCUT2D eigenvalue weighted by atomic mass is 10.1. The van der Waals surface area contributed by atoms with Crippen LogP contribution < -0.4 is 0 Å². The van der Waals surface area contributed by atoms with Gasteiger partial charge in [-0.05, 0) is 6.08 Å². The zero-order valence-corrected chi connectivity index (χ0v) is 5.92. The van der Waals surface area contributed by atoms with E-state index in [1.807, 2.05) is 0 Å². The van der Waals surface area contributed by atoms with Crippen molar-refractivity contribution in [2.24, 2.45) is 0 Å². The number of rotatable bonds is 0. The van der Waals surface area contributed by atoms with Crippen molar-refractivity contribution < 1.29 is 10.2 Å². The molecule has 0 heterocycles. The maximum Gasteiger partial charge on any atom is 0.117 e. The Hall–Kier alpha value is -0.730. The highest BCUT2D eigenvalue weighted by Crippen LogP contribution is 2.20. The van der Waals surface area contributed by atoms with Gasteiger partial charge in [-0.25, -0.2) is 0 Å². The van der Waals surface area contributed by atoms with E-state index in [0.29, 0.717) is 10.6 Å². The van der Waals surface area contributed by atoms with Crippen molar-refractivity contribution in [3.63, 3.8) is 0 Å². The number of hydrogen-bond donors (Lipinski definition) is 2. The van der Waals surface area contributed by atoms with E-state index in [-0.39, 0.29) is 0 Å². The Labute approximate surface area is 63.7 Å². The van der Waals surface area contributed by atoms with Crippen molar-refractivity contribution in [1.82, 2.24) is 0 Å². The lowest BCUT2D eigenvalue weighted by Crippen LogP contribution is -2.11. The molecular formula is C7H7ClO2. The van der Waals surface area contributed by atoms with Gasteiger partial charge in [0.2, 0.25) is 0 Å². The van der Waals surface area contributed by atoms with Crippen molar-refractivity contribution in [1.29, 1.82) is 0 Å². The van der Waals surface area contributed by atoms with Gasteiger partial charge in [0.05, 0.1) is 11.3 Å². The first kappa shape index (κ1) is 7.38. The van der Waals surface area contributed by atoms with Gasteiger partial charge in [-0.15, -0.1) is 0 Å². The summed E-state index contributed by atoms with van der Waals surface area (Å²) in [5, 5.41) is 18.0. The van der Waals surface area contributed by atoms with Gasteiger partial charge in [0.25, 0.3) is 0 Å². The van der Waals surface area contributed by atoms with Gasteiger partial charge in [0.1, 0.15) is 6.10 Å². The third-order valence-electron chi connectivity index (χ3n) is 1.27. The smallest absolute Gasteiger partial charge is 0.117 e. The third kappa shape index (κ3) is 1.23. The highest BCUT2D eigenvalue weighted by Gasteiger charge is 2.14. The summed E-state index contributed by atoms with van der Waals surface area (Å²) in [5.41, 5.74) is 0.410. The molecule has 1 atom stereocenters. The van der Waals surface area contributed by atoms with Crippen LogP contribution in [0.25, 0.3) is 0 Å². The predicted octanol–water partition coefficient (Wildman–Crippen LogP) is 1.48. The summed E-state index contributed by atoms with van der Waals surface area (Å²) in [6.07, 6.45) is 4.82. The molecule has 10 heavy (non-hydrogen) atoms. The molecule has 0 fully saturated rings. The zero-order chi connectivity index (χ0) is 7.56. The largest absolute Gasteiger partial charge is 0.515 e. The summed E-state index contributed by atoms with van der Waals surface area (Å²) in [4.78, 5) is 0. The van der Waals surface area contributed by atoms with E-state index in [1.165, 1.54) is 0 Å². The number of aliphatic hydroxyl groups is 2. The Morgan fingerprint density at radius 2 is 2.30 bits per heavy atom. The molecule has 2 nitrogen and oxygen atoms in total. The van der Waals surface area contributed by atoms with Crippen molar-refractivity contribution >= 4 is 11.6 Å². The van der Waals surface area contributed by atoms with E-state index in [1.54, 1.807) is 18.2 Å². The van der Waals surface area contributed by atoms with Crippen LogP contribution in [0.1, 0.15) is 0 Å². The molecular weight excluding hydrogens is 152 g/mol. The summed E-state index contributed by atoms with van der Waals surface area (Å²) in [7, 11) is 0. The van der Waals surface area contributed by atoms with E-state index in [2.05, 4.69) is 0 Å². The van der Waals surface area contributed by atoms with Gasteiger partial charge >= 0.3 is 0 Å². The number of hydrogen-bond acceptors (Lipinski definition) is 2. The molecule has 1 aliphatic carbocycles. The first-order valence-corrected chi connectivity index (χ1v) is 3.19. The van der Waals surface area contributed by atoms with Crippen molar-refractivity contribution in [3.8, 4) is 0 Å². The van der Waals surface area contributed by atoms with Gasteiger partial charge in [-0.2, -0.15) is 0 Å². The standard InChI is InChI=1S/C7H7ClO2/c8-6-3-1-2-5(4-9)7(6)10/h1-4,7,9-10H/b5-4+/t7-/m0/s1. The molecule has 0 saturated carbocycles. The van der Waals surface area contributed by atoms with Crippen molar-refractivity contribution in [2.75, 3.05) is 0 Å². The zero-order valence-electron chi connectivity index (χ0n) is 5.16. The molecule has 0 aliphatic heterocycles. The fourth-order valence-electron chi connectivity index (χ4n) is 0.706. The Morgan fingerprint density at radius 3 is 2.80 bits per heavy atom. The lowest BCUT2D eigenvalue weighted by Gasteiger charge is -2.12. The van der Waals surface area contributed by atoms with Crippen LogP contribution in [-0.2, 0) is 0 Å². The molecule has 0 bridgehead atoms. The Balaban J connectivity index is 2.89. The SMILES string of the molecule is O/C=C1\C=CC=C(Cl)[C@H]1O. The molecule has 1 rings (SSSR count). The normalized spacial score (nSPS) is 28.8. The molecule has 0 amide bonds. The van der Waals surface area contributed by atoms with E-state index >= 15 is 0 Å². The minimum absolute atomic E-state index is 0.322. The molecule has 0 unspecified atom stereocenters. The number of allylic oxidation sites excluding steroid dienone is 2. The topological polar surface area (TPSA) is 40.5 Å². The summed E-state index contributed by atoms with van der Waals surface area (Å²) in [6.45, 7) is 0. The maximum atomic E-state index is 9.16. The average molecular weight is 159 g/mol. The van der Waals surface area contributed by atoms with E-state index in [9.17, 15) is 0 Å². The Kier molecular flexibility index (Phi) is 2.14. The number of halogens is 1. The van der Waals surface area contributed by atoms with Crippen LogP contribution in [0.4, 0.5) is 0 Å². The van der Waals surface area contributed by atoms with Crippen molar-refractivity contribution in [3.05, 3.63) is 35.1 Å². The average Bonchev–Trinajstić information content (AvgIpc) is 1.95. The molecule has 0 saturated heterocycles. The first-order chi connectivity index (χ1) is 4.75. The lowest BCUT2D eigenvalue weighted by molar-refractivity contribution is 0.252. The van der Waals surface area contributed by atoms with Crippen LogP contribution >= 0.6 is 11.6 Å².